The highest BCUT2D eigenvalue weighted by Gasteiger charge is 2.03. The second-order valence-corrected chi connectivity index (χ2v) is 3.59. The first kappa shape index (κ1) is 18.6. The van der Waals surface area contributed by atoms with Crippen LogP contribution in [0.15, 0.2) is 35.8 Å². The minimum Gasteiger partial charge on any atom is -0.492 e. The van der Waals surface area contributed by atoms with Crippen LogP contribution in [0.3, 0.4) is 0 Å². The molecule has 1 rings (SSSR count). The number of aliphatic imine (C=N–C) groups is 1. The van der Waals surface area contributed by atoms with E-state index in [2.05, 4.69) is 22.2 Å². The number of ether oxygens (including phenoxy) is 1. The van der Waals surface area contributed by atoms with E-state index in [0.717, 1.165) is 12.1 Å². The van der Waals surface area contributed by atoms with Crippen LogP contribution < -0.4 is 15.4 Å². The summed E-state index contributed by atoms with van der Waals surface area (Å²) in [4.78, 5) is 3.98. The number of benzene rings is 1. The van der Waals surface area contributed by atoms with Crippen molar-refractivity contribution in [1.82, 2.24) is 10.6 Å². The van der Waals surface area contributed by atoms with Crippen molar-refractivity contribution in [2.24, 2.45) is 4.99 Å². The first-order valence-corrected chi connectivity index (χ1v) is 5.80. The lowest BCUT2D eigenvalue weighted by Crippen LogP contribution is -2.39. The smallest absolute Gasteiger partial charge is 0.191 e. The predicted molar refractivity (Wildman–Crippen MR) is 86.8 cm³/mol. The number of rotatable bonds is 6. The zero-order valence-corrected chi connectivity index (χ0v) is 13.5. The Morgan fingerprint density at radius 3 is 2.70 bits per heavy atom. The molecule has 0 saturated carbocycles. The Kier molecular flexibility index (Phi) is 9.69. The molecule has 20 heavy (non-hydrogen) atoms. The van der Waals surface area contributed by atoms with Crippen molar-refractivity contribution in [2.45, 2.75) is 0 Å². The van der Waals surface area contributed by atoms with E-state index in [1.807, 2.05) is 0 Å². The Labute approximate surface area is 134 Å². The summed E-state index contributed by atoms with van der Waals surface area (Å²) in [5.41, 5.74) is 0. The van der Waals surface area contributed by atoms with E-state index >= 15 is 0 Å². The van der Waals surface area contributed by atoms with E-state index in [1.165, 1.54) is 6.07 Å². The van der Waals surface area contributed by atoms with Gasteiger partial charge in [-0.3, -0.25) is 4.99 Å². The van der Waals surface area contributed by atoms with Crippen LogP contribution in [-0.4, -0.2) is 32.7 Å². The van der Waals surface area contributed by atoms with Gasteiger partial charge in [0, 0.05) is 19.7 Å². The van der Waals surface area contributed by atoms with E-state index in [-0.39, 0.29) is 29.7 Å². The molecule has 0 spiro atoms. The van der Waals surface area contributed by atoms with Crippen molar-refractivity contribution in [1.29, 1.82) is 0 Å². The molecule has 0 heterocycles. The highest BCUT2D eigenvalue weighted by atomic mass is 127. The Morgan fingerprint density at radius 1 is 1.35 bits per heavy atom. The number of halogens is 3. The molecule has 0 aliphatic heterocycles. The summed E-state index contributed by atoms with van der Waals surface area (Å²) in [5, 5.41) is 5.99. The SMILES string of the molecule is C=CCNC(=NC)NCCOc1ccc(F)c(F)c1.I. The van der Waals surface area contributed by atoms with Gasteiger partial charge in [0.15, 0.2) is 17.6 Å². The van der Waals surface area contributed by atoms with Gasteiger partial charge in [-0.1, -0.05) is 6.08 Å². The molecule has 0 aromatic heterocycles. The van der Waals surface area contributed by atoms with Crippen LogP contribution in [-0.2, 0) is 0 Å². The fourth-order valence-corrected chi connectivity index (χ4v) is 1.29. The first-order valence-electron chi connectivity index (χ1n) is 5.80. The molecular weight excluding hydrogens is 379 g/mol. The summed E-state index contributed by atoms with van der Waals surface area (Å²) in [6.07, 6.45) is 1.71. The number of nitrogens with one attached hydrogen (secondary N) is 2. The quantitative estimate of drug-likeness (QED) is 0.255. The molecule has 0 aliphatic rings. The molecule has 0 radical (unpaired) electrons. The standard InChI is InChI=1S/C13H17F2N3O.HI/c1-3-6-17-13(16-2)18-7-8-19-10-4-5-11(14)12(15)9-10;/h3-5,9H,1,6-8H2,2H3,(H2,16,17,18);1H. The number of nitrogens with zero attached hydrogens (tertiary/aromatic N) is 1. The van der Waals surface area contributed by atoms with Crippen molar-refractivity contribution >= 4 is 29.9 Å². The van der Waals surface area contributed by atoms with E-state index in [9.17, 15) is 8.78 Å². The third kappa shape index (κ3) is 6.69. The Hall–Kier alpha value is -1.38. The minimum atomic E-state index is -0.922. The maximum absolute atomic E-state index is 12.9. The Balaban J connectivity index is 0.00000361. The topological polar surface area (TPSA) is 45.7 Å². The second kappa shape index (κ2) is 10.4. The predicted octanol–water partition coefficient (Wildman–Crippen LogP) is 2.31. The van der Waals surface area contributed by atoms with E-state index in [4.69, 9.17) is 4.74 Å². The molecule has 0 aliphatic carbocycles. The van der Waals surface area contributed by atoms with Gasteiger partial charge < -0.3 is 15.4 Å². The monoisotopic (exact) mass is 397 g/mol. The summed E-state index contributed by atoms with van der Waals surface area (Å²) in [7, 11) is 1.65. The van der Waals surface area contributed by atoms with E-state index < -0.39 is 11.6 Å². The van der Waals surface area contributed by atoms with Crippen LogP contribution >= 0.6 is 24.0 Å². The maximum atomic E-state index is 12.9. The minimum absolute atomic E-state index is 0. The van der Waals surface area contributed by atoms with Crippen molar-refractivity contribution in [3.63, 3.8) is 0 Å². The molecule has 112 valence electrons. The maximum Gasteiger partial charge on any atom is 0.191 e. The van der Waals surface area contributed by atoms with E-state index in [1.54, 1.807) is 13.1 Å². The summed E-state index contributed by atoms with van der Waals surface area (Å²) in [6.45, 7) is 4.97. The molecule has 0 bridgehead atoms. The molecule has 2 N–H and O–H groups in total. The summed E-state index contributed by atoms with van der Waals surface area (Å²) in [6, 6.07) is 3.42. The summed E-state index contributed by atoms with van der Waals surface area (Å²) in [5.74, 6) is -0.906. The van der Waals surface area contributed by atoms with Crippen LogP contribution in [0.1, 0.15) is 0 Å². The van der Waals surface area contributed by atoms with Gasteiger partial charge in [-0.05, 0) is 12.1 Å². The molecule has 4 nitrogen and oxygen atoms in total. The van der Waals surface area contributed by atoms with Crippen molar-refractivity contribution in [2.75, 3.05) is 26.7 Å². The first-order chi connectivity index (χ1) is 9.17. The average Bonchev–Trinajstić information content (AvgIpc) is 2.42. The highest BCUT2D eigenvalue weighted by molar-refractivity contribution is 14.0. The largest absolute Gasteiger partial charge is 0.492 e. The third-order valence-electron chi connectivity index (χ3n) is 2.19. The number of hydrogen-bond acceptors (Lipinski definition) is 2. The second-order valence-electron chi connectivity index (χ2n) is 3.59. The molecule has 0 atom stereocenters. The zero-order valence-electron chi connectivity index (χ0n) is 11.2. The van der Waals surface area contributed by atoms with Gasteiger partial charge in [-0.15, -0.1) is 30.6 Å². The molecule has 1 aromatic carbocycles. The molecule has 0 saturated heterocycles. The average molecular weight is 397 g/mol. The van der Waals surface area contributed by atoms with Gasteiger partial charge in [-0.25, -0.2) is 8.78 Å². The van der Waals surface area contributed by atoms with Crippen LogP contribution in [0.5, 0.6) is 5.75 Å². The lowest BCUT2D eigenvalue weighted by molar-refractivity contribution is 0.319. The van der Waals surface area contributed by atoms with Gasteiger partial charge in [0.2, 0.25) is 0 Å². The Bertz CT molecular complexity index is 455. The van der Waals surface area contributed by atoms with Crippen LogP contribution in [0.25, 0.3) is 0 Å². The molecule has 0 unspecified atom stereocenters. The van der Waals surface area contributed by atoms with Crippen LogP contribution in [0, 0.1) is 11.6 Å². The lowest BCUT2D eigenvalue weighted by atomic mass is 10.3. The fourth-order valence-electron chi connectivity index (χ4n) is 1.29. The highest BCUT2D eigenvalue weighted by Crippen LogP contribution is 2.14. The van der Waals surface area contributed by atoms with Gasteiger partial charge in [0.25, 0.3) is 0 Å². The van der Waals surface area contributed by atoms with Crippen molar-refractivity contribution in [3.05, 3.63) is 42.5 Å². The van der Waals surface area contributed by atoms with Gasteiger partial charge in [-0.2, -0.15) is 0 Å². The number of guanidine groups is 1. The fraction of sp³-hybridized carbons (Fsp3) is 0.308. The zero-order chi connectivity index (χ0) is 14.1. The van der Waals surface area contributed by atoms with Crippen molar-refractivity contribution < 1.29 is 13.5 Å². The molecule has 0 amide bonds. The van der Waals surface area contributed by atoms with E-state index in [0.29, 0.717) is 25.7 Å². The summed E-state index contributed by atoms with van der Waals surface area (Å²) >= 11 is 0. The molecular formula is C13H18F2IN3O. The normalized spacial score (nSPS) is 10.4. The van der Waals surface area contributed by atoms with Gasteiger partial charge in [0.1, 0.15) is 12.4 Å². The molecule has 1 aromatic rings. The van der Waals surface area contributed by atoms with Gasteiger partial charge >= 0.3 is 0 Å². The Morgan fingerprint density at radius 2 is 2.10 bits per heavy atom. The van der Waals surface area contributed by atoms with Crippen molar-refractivity contribution in [3.8, 4) is 5.75 Å². The molecule has 7 heteroatoms. The van der Waals surface area contributed by atoms with Gasteiger partial charge in [0.05, 0.1) is 6.54 Å². The molecule has 0 fully saturated rings. The lowest BCUT2D eigenvalue weighted by Gasteiger charge is -2.11. The number of hydrogen-bond donors (Lipinski definition) is 2. The summed E-state index contributed by atoms with van der Waals surface area (Å²) < 4.78 is 30.9. The van der Waals surface area contributed by atoms with Crippen LogP contribution in [0.2, 0.25) is 0 Å². The third-order valence-corrected chi connectivity index (χ3v) is 2.19. The van der Waals surface area contributed by atoms with Crippen LogP contribution in [0.4, 0.5) is 8.78 Å².